The van der Waals surface area contributed by atoms with Gasteiger partial charge in [0.05, 0.1) is 15.1 Å². The monoisotopic (exact) mass is 614 g/mol. The van der Waals surface area contributed by atoms with E-state index in [1.807, 2.05) is 78.9 Å². The van der Waals surface area contributed by atoms with Gasteiger partial charge in [0.25, 0.3) is 0 Å². The molecule has 0 aliphatic carbocycles. The number of thiophene rings is 1. The highest BCUT2D eigenvalue weighted by atomic mass is 32.1. The molecule has 9 aromatic rings. The summed E-state index contributed by atoms with van der Waals surface area (Å²) >= 11 is 1.68. The molecule has 0 atom stereocenters. The van der Waals surface area contributed by atoms with E-state index in [4.69, 9.17) is 9.60 Å². The van der Waals surface area contributed by atoms with Crippen LogP contribution < -0.4 is 4.90 Å². The third kappa shape index (κ3) is 4.54. The average Bonchev–Trinajstić information content (AvgIpc) is 3.62. The fraction of sp³-hybridized carbons (Fsp3) is 0. The smallest absolute Gasteiger partial charge is 0.0645 e. The lowest BCUT2D eigenvalue weighted by molar-refractivity contribution is 1.29. The number of rotatable bonds is 5. The van der Waals surface area contributed by atoms with Crippen LogP contribution in [0.4, 0.5) is 17.1 Å². The van der Waals surface area contributed by atoms with Crippen molar-refractivity contribution in [2.45, 2.75) is 0 Å². The van der Waals surface area contributed by atoms with Crippen LogP contribution in [0.2, 0.25) is 0 Å². The van der Waals surface area contributed by atoms with Crippen molar-refractivity contribution in [2.75, 3.05) is 4.90 Å². The van der Waals surface area contributed by atoms with Crippen molar-refractivity contribution in [3.05, 3.63) is 176 Å². The zero-order valence-corrected chi connectivity index (χ0v) is 25.1. The lowest BCUT2D eigenvalue weighted by Gasteiger charge is -2.26. The standard InChI is InChI=1S/C44H29NS/c1-3-12-32(13-4-1)40-28-35-15-9-10-18-39(35)44-43(40)41-29-38(25-26-42(41)46-44)45(36-16-5-2-6-17-36)37-23-21-31(22-24-37)34-20-19-30-11-7-8-14-33(30)27-34/h1-29H/i7D,8D,11D,14D,19D,20D,21D,22D,23D,24D,27D. The number of benzene rings is 8. The molecule has 2 heteroatoms. The van der Waals surface area contributed by atoms with Crippen LogP contribution in [0.5, 0.6) is 0 Å². The summed E-state index contributed by atoms with van der Waals surface area (Å²) < 4.78 is 99.5. The third-order valence-corrected chi connectivity index (χ3v) is 9.34. The minimum Gasteiger partial charge on any atom is -0.310 e. The van der Waals surface area contributed by atoms with Crippen molar-refractivity contribution in [1.82, 2.24) is 0 Å². The summed E-state index contributed by atoms with van der Waals surface area (Å²) in [5.74, 6) is 0. The van der Waals surface area contributed by atoms with Crippen molar-refractivity contribution < 1.29 is 15.1 Å². The minimum absolute atomic E-state index is 0.0700. The molecular formula is C44H29NS. The van der Waals surface area contributed by atoms with Gasteiger partial charge < -0.3 is 4.90 Å². The zero-order chi connectivity index (χ0) is 40.0. The van der Waals surface area contributed by atoms with E-state index in [0.717, 1.165) is 42.1 Å². The molecule has 0 amide bonds. The predicted molar refractivity (Wildman–Crippen MR) is 200 cm³/mol. The van der Waals surface area contributed by atoms with Gasteiger partial charge >= 0.3 is 0 Å². The maximum absolute atomic E-state index is 9.43. The first-order valence-electron chi connectivity index (χ1n) is 20.3. The van der Waals surface area contributed by atoms with E-state index in [1.54, 1.807) is 16.2 Å². The Hall–Kier alpha value is -5.70. The molecule has 0 fully saturated rings. The van der Waals surface area contributed by atoms with E-state index in [9.17, 15) is 5.48 Å². The molecule has 0 unspecified atom stereocenters. The van der Waals surface area contributed by atoms with Crippen LogP contribution in [0, 0.1) is 0 Å². The molecule has 0 aliphatic heterocycles. The lowest BCUT2D eigenvalue weighted by atomic mass is 9.95. The number of hydrogen-bond acceptors (Lipinski definition) is 2. The molecule has 1 aromatic heterocycles. The van der Waals surface area contributed by atoms with E-state index in [1.165, 1.54) is 0 Å². The normalized spacial score (nSPS) is 14.8. The van der Waals surface area contributed by atoms with Gasteiger partial charge in [0.2, 0.25) is 0 Å². The maximum Gasteiger partial charge on any atom is 0.0645 e. The molecule has 0 N–H and O–H groups in total. The average molecular weight is 615 g/mol. The molecular weight excluding hydrogens is 575 g/mol. The predicted octanol–water partition coefficient (Wildman–Crippen LogP) is 13.2. The Balaban J connectivity index is 1.32. The molecule has 9 rings (SSSR count). The summed E-state index contributed by atoms with van der Waals surface area (Å²) in [5, 5.41) is 3.58. The van der Waals surface area contributed by atoms with Crippen LogP contribution in [0.3, 0.4) is 0 Å². The van der Waals surface area contributed by atoms with Crippen molar-refractivity contribution in [1.29, 1.82) is 0 Å². The number of para-hydroxylation sites is 1. The van der Waals surface area contributed by atoms with Crippen LogP contribution in [0.15, 0.2) is 176 Å². The number of fused-ring (bicyclic) bond motifs is 6. The van der Waals surface area contributed by atoms with Crippen LogP contribution in [-0.4, -0.2) is 0 Å². The van der Waals surface area contributed by atoms with Gasteiger partial charge in [-0.15, -0.1) is 11.3 Å². The van der Waals surface area contributed by atoms with Crippen LogP contribution in [0.1, 0.15) is 15.1 Å². The molecule has 0 radical (unpaired) electrons. The maximum atomic E-state index is 9.43. The van der Waals surface area contributed by atoms with Gasteiger partial charge in [0.15, 0.2) is 0 Å². The molecule has 1 heterocycles. The quantitative estimate of drug-likeness (QED) is 0.186. The molecule has 0 saturated carbocycles. The van der Waals surface area contributed by atoms with Crippen molar-refractivity contribution in [3.8, 4) is 22.3 Å². The zero-order valence-electron chi connectivity index (χ0n) is 35.2. The Kier molecular flexibility index (Phi) is 4.24. The molecule has 1 nitrogen and oxygen atoms in total. The summed E-state index contributed by atoms with van der Waals surface area (Å²) in [6, 6.07) is 29.4. The Bertz CT molecular complexity index is 3120. The van der Waals surface area contributed by atoms with E-state index in [2.05, 4.69) is 30.3 Å². The van der Waals surface area contributed by atoms with Gasteiger partial charge in [-0.3, -0.25) is 0 Å². The highest BCUT2D eigenvalue weighted by Gasteiger charge is 2.18. The van der Waals surface area contributed by atoms with Crippen molar-refractivity contribution >= 4 is 70.1 Å². The summed E-state index contributed by atoms with van der Waals surface area (Å²) in [6.45, 7) is 0. The summed E-state index contributed by atoms with van der Waals surface area (Å²) in [4.78, 5) is 1.67. The van der Waals surface area contributed by atoms with E-state index in [0.29, 0.717) is 11.4 Å². The van der Waals surface area contributed by atoms with Gasteiger partial charge in [-0.25, -0.2) is 0 Å². The molecule has 0 bridgehead atoms. The minimum atomic E-state index is -0.637. The lowest BCUT2D eigenvalue weighted by Crippen LogP contribution is -2.09. The molecule has 216 valence electrons. The number of hydrogen-bond donors (Lipinski definition) is 0. The third-order valence-electron chi connectivity index (χ3n) is 8.14. The van der Waals surface area contributed by atoms with E-state index >= 15 is 0 Å². The molecule has 0 saturated heterocycles. The second-order valence-electron chi connectivity index (χ2n) is 10.9. The first-order valence-corrected chi connectivity index (χ1v) is 15.6. The van der Waals surface area contributed by atoms with Crippen LogP contribution in [0.25, 0.3) is 64.0 Å². The molecule has 8 aromatic carbocycles. The Labute approximate surface area is 287 Å². The Morgan fingerprint density at radius 3 is 2.02 bits per heavy atom. The van der Waals surface area contributed by atoms with Gasteiger partial charge in [-0.1, -0.05) is 121 Å². The second kappa shape index (κ2) is 11.0. The first kappa shape index (κ1) is 17.7. The molecule has 0 spiro atoms. The largest absolute Gasteiger partial charge is 0.310 e. The van der Waals surface area contributed by atoms with Gasteiger partial charge in [0, 0.05) is 37.2 Å². The van der Waals surface area contributed by atoms with Gasteiger partial charge in [-0.2, -0.15) is 0 Å². The summed E-state index contributed by atoms with van der Waals surface area (Å²) in [6.07, 6.45) is 0. The number of nitrogens with zero attached hydrogens (tertiary/aromatic N) is 1. The highest BCUT2D eigenvalue weighted by Crippen LogP contribution is 2.46. The van der Waals surface area contributed by atoms with E-state index in [-0.39, 0.29) is 16.5 Å². The molecule has 0 aliphatic rings. The van der Waals surface area contributed by atoms with Crippen molar-refractivity contribution in [3.63, 3.8) is 0 Å². The van der Waals surface area contributed by atoms with Crippen molar-refractivity contribution in [2.24, 2.45) is 0 Å². The second-order valence-corrected chi connectivity index (χ2v) is 11.9. The Morgan fingerprint density at radius 1 is 0.478 bits per heavy atom. The van der Waals surface area contributed by atoms with Crippen LogP contribution >= 0.6 is 11.3 Å². The fourth-order valence-electron chi connectivity index (χ4n) is 6.02. The van der Waals surface area contributed by atoms with Gasteiger partial charge in [-0.05, 0) is 98.3 Å². The van der Waals surface area contributed by atoms with E-state index < -0.39 is 77.6 Å². The SMILES string of the molecule is [2H]c1c([2H])c(N(c2ccccc2)c2ccc3sc4c5ccccc5cc(-c5ccccc5)c4c3c2)c([2H])c([2H])c1-c1c([2H])c([2H])c2c([2H])c([2H])c([2H])c([2H])c2c1[2H]. The number of anilines is 3. The molecule has 46 heavy (non-hydrogen) atoms. The highest BCUT2D eigenvalue weighted by molar-refractivity contribution is 7.26. The topological polar surface area (TPSA) is 3.24 Å². The summed E-state index contributed by atoms with van der Waals surface area (Å²) in [5.41, 5.74) is 2.36. The fourth-order valence-corrected chi connectivity index (χ4v) is 7.26. The summed E-state index contributed by atoms with van der Waals surface area (Å²) in [7, 11) is 0. The van der Waals surface area contributed by atoms with Gasteiger partial charge in [0.1, 0.15) is 0 Å². The Morgan fingerprint density at radius 2 is 1.20 bits per heavy atom. The van der Waals surface area contributed by atoms with Crippen LogP contribution in [-0.2, 0) is 0 Å². The first-order chi connectivity index (χ1) is 27.4.